The third-order valence-electron chi connectivity index (χ3n) is 3.93. The fraction of sp³-hybridized carbons (Fsp3) is 1.00. The molecule has 2 heterocycles. The summed E-state index contributed by atoms with van der Waals surface area (Å²) in [6.07, 6.45) is 0. The first-order valence-electron chi connectivity index (χ1n) is 6.87. The van der Waals surface area contributed by atoms with Crippen LogP contribution in [0.25, 0.3) is 0 Å². The fourth-order valence-electron chi connectivity index (χ4n) is 2.88. The van der Waals surface area contributed by atoms with Crippen molar-refractivity contribution in [2.75, 3.05) is 52.4 Å². The van der Waals surface area contributed by atoms with Crippen LogP contribution >= 0.6 is 0 Å². The highest BCUT2D eigenvalue weighted by atomic mass is 15.3. The summed E-state index contributed by atoms with van der Waals surface area (Å²) < 4.78 is 0. The van der Waals surface area contributed by atoms with E-state index in [1.807, 2.05) is 0 Å². The molecular formula is C13H27N3. The second-order valence-corrected chi connectivity index (χ2v) is 5.74. The van der Waals surface area contributed by atoms with E-state index in [-0.39, 0.29) is 0 Å². The molecule has 0 aromatic carbocycles. The van der Waals surface area contributed by atoms with Crippen molar-refractivity contribution in [3.8, 4) is 0 Å². The molecule has 0 bridgehead atoms. The van der Waals surface area contributed by atoms with E-state index in [4.69, 9.17) is 0 Å². The van der Waals surface area contributed by atoms with Crippen LogP contribution in [0.4, 0.5) is 0 Å². The fourth-order valence-corrected chi connectivity index (χ4v) is 2.88. The maximum Gasteiger partial charge on any atom is 0.0351 e. The molecule has 0 aliphatic carbocycles. The number of likely N-dealkylation sites (N-methyl/N-ethyl adjacent to an activating group) is 1. The van der Waals surface area contributed by atoms with Gasteiger partial charge >= 0.3 is 0 Å². The molecule has 3 nitrogen and oxygen atoms in total. The third kappa shape index (κ3) is 2.96. The zero-order valence-corrected chi connectivity index (χ0v) is 11.2. The molecule has 0 radical (unpaired) electrons. The van der Waals surface area contributed by atoms with Crippen molar-refractivity contribution in [1.29, 1.82) is 0 Å². The Labute approximate surface area is 100 Å². The van der Waals surface area contributed by atoms with Gasteiger partial charge in [0.1, 0.15) is 0 Å². The molecule has 16 heavy (non-hydrogen) atoms. The molecule has 0 spiro atoms. The van der Waals surface area contributed by atoms with Gasteiger partial charge in [0.15, 0.2) is 0 Å². The molecular weight excluding hydrogens is 198 g/mol. The molecule has 0 aromatic rings. The highest BCUT2D eigenvalue weighted by molar-refractivity contribution is 4.90. The van der Waals surface area contributed by atoms with Gasteiger partial charge in [-0.05, 0) is 12.5 Å². The van der Waals surface area contributed by atoms with Crippen molar-refractivity contribution in [3.63, 3.8) is 0 Å². The molecule has 94 valence electrons. The minimum Gasteiger partial charge on any atom is -0.301 e. The summed E-state index contributed by atoms with van der Waals surface area (Å²) in [5.74, 6) is 0.817. The van der Waals surface area contributed by atoms with Crippen LogP contribution in [-0.4, -0.2) is 73.1 Å². The lowest BCUT2D eigenvalue weighted by Crippen LogP contribution is -2.63. The number of rotatable bonds is 4. The van der Waals surface area contributed by atoms with Crippen LogP contribution in [0.15, 0.2) is 0 Å². The summed E-state index contributed by atoms with van der Waals surface area (Å²) in [5, 5.41) is 0. The van der Waals surface area contributed by atoms with E-state index >= 15 is 0 Å². The molecule has 0 atom stereocenters. The van der Waals surface area contributed by atoms with Crippen LogP contribution in [0, 0.1) is 5.92 Å². The van der Waals surface area contributed by atoms with E-state index in [0.29, 0.717) is 0 Å². The highest BCUT2D eigenvalue weighted by Crippen LogP contribution is 2.17. The van der Waals surface area contributed by atoms with Crippen LogP contribution in [0.5, 0.6) is 0 Å². The van der Waals surface area contributed by atoms with Crippen molar-refractivity contribution in [3.05, 3.63) is 0 Å². The van der Waals surface area contributed by atoms with E-state index in [1.165, 1.54) is 52.4 Å². The summed E-state index contributed by atoms with van der Waals surface area (Å²) in [5.41, 5.74) is 0. The Morgan fingerprint density at radius 2 is 1.62 bits per heavy atom. The topological polar surface area (TPSA) is 9.72 Å². The van der Waals surface area contributed by atoms with Gasteiger partial charge in [0.25, 0.3) is 0 Å². The Bertz CT molecular complexity index is 203. The number of piperazine rings is 1. The van der Waals surface area contributed by atoms with Crippen LogP contribution in [0.1, 0.15) is 20.8 Å². The average molecular weight is 225 g/mol. The summed E-state index contributed by atoms with van der Waals surface area (Å²) in [6, 6.07) is 0.859. The monoisotopic (exact) mass is 225 g/mol. The number of hydrogen-bond donors (Lipinski definition) is 0. The zero-order chi connectivity index (χ0) is 11.5. The van der Waals surface area contributed by atoms with Gasteiger partial charge in [0.2, 0.25) is 0 Å². The minimum atomic E-state index is 0.817. The van der Waals surface area contributed by atoms with Crippen molar-refractivity contribution in [2.45, 2.75) is 26.8 Å². The quantitative estimate of drug-likeness (QED) is 0.706. The summed E-state index contributed by atoms with van der Waals surface area (Å²) >= 11 is 0. The van der Waals surface area contributed by atoms with Gasteiger partial charge in [0.05, 0.1) is 0 Å². The molecule has 0 aromatic heterocycles. The lowest BCUT2D eigenvalue weighted by atomic mass is 10.0. The maximum atomic E-state index is 2.70. The molecule has 2 saturated heterocycles. The van der Waals surface area contributed by atoms with Gasteiger partial charge in [-0.15, -0.1) is 0 Å². The smallest absolute Gasteiger partial charge is 0.0351 e. The molecule has 2 aliphatic rings. The Hall–Kier alpha value is -0.120. The molecule has 0 N–H and O–H groups in total. The Balaban J connectivity index is 1.65. The van der Waals surface area contributed by atoms with Gasteiger partial charge in [-0.2, -0.15) is 0 Å². The zero-order valence-electron chi connectivity index (χ0n) is 11.2. The molecule has 3 heteroatoms. The van der Waals surface area contributed by atoms with Crippen LogP contribution in [-0.2, 0) is 0 Å². The predicted molar refractivity (Wildman–Crippen MR) is 68.8 cm³/mol. The Kier molecular flexibility index (Phi) is 4.22. The maximum absolute atomic E-state index is 2.70. The van der Waals surface area contributed by atoms with Gasteiger partial charge in [0, 0.05) is 51.9 Å². The first kappa shape index (κ1) is 12.3. The second-order valence-electron chi connectivity index (χ2n) is 5.74. The van der Waals surface area contributed by atoms with E-state index in [1.54, 1.807) is 0 Å². The van der Waals surface area contributed by atoms with E-state index in [2.05, 4.69) is 35.5 Å². The van der Waals surface area contributed by atoms with E-state index < -0.39 is 0 Å². The van der Waals surface area contributed by atoms with Gasteiger partial charge < -0.3 is 4.90 Å². The number of likely N-dealkylation sites (tertiary alicyclic amines) is 1. The lowest BCUT2D eigenvalue weighted by molar-refractivity contribution is 0.00122. The summed E-state index contributed by atoms with van der Waals surface area (Å²) in [7, 11) is 0. The van der Waals surface area contributed by atoms with Gasteiger partial charge in [-0.25, -0.2) is 0 Å². The second kappa shape index (κ2) is 5.48. The number of nitrogens with zero attached hydrogens (tertiary/aromatic N) is 3. The van der Waals surface area contributed by atoms with Crippen LogP contribution in [0.3, 0.4) is 0 Å². The SMILES string of the molecule is CCN1CCN(C2CN(CC(C)C)C2)CC1. The largest absolute Gasteiger partial charge is 0.301 e. The van der Waals surface area contributed by atoms with Crippen molar-refractivity contribution in [1.82, 2.24) is 14.7 Å². The van der Waals surface area contributed by atoms with Gasteiger partial charge in [-0.3, -0.25) is 9.80 Å². The average Bonchev–Trinajstić information content (AvgIpc) is 2.23. The molecule has 0 unspecified atom stereocenters. The molecule has 2 aliphatic heterocycles. The highest BCUT2D eigenvalue weighted by Gasteiger charge is 2.32. The molecule has 2 rings (SSSR count). The first-order chi connectivity index (χ1) is 7.69. The van der Waals surface area contributed by atoms with E-state index in [0.717, 1.165) is 12.0 Å². The Morgan fingerprint density at radius 1 is 1.00 bits per heavy atom. The number of hydrogen-bond acceptors (Lipinski definition) is 3. The Morgan fingerprint density at radius 3 is 2.12 bits per heavy atom. The van der Waals surface area contributed by atoms with Crippen LogP contribution in [0.2, 0.25) is 0 Å². The molecule has 2 fully saturated rings. The first-order valence-corrected chi connectivity index (χ1v) is 6.87. The van der Waals surface area contributed by atoms with Crippen molar-refractivity contribution in [2.24, 2.45) is 5.92 Å². The molecule has 0 amide bonds. The van der Waals surface area contributed by atoms with Crippen molar-refractivity contribution < 1.29 is 0 Å². The van der Waals surface area contributed by atoms with Gasteiger partial charge in [-0.1, -0.05) is 20.8 Å². The minimum absolute atomic E-state index is 0.817. The third-order valence-corrected chi connectivity index (χ3v) is 3.93. The lowest BCUT2D eigenvalue weighted by Gasteiger charge is -2.48. The van der Waals surface area contributed by atoms with Crippen molar-refractivity contribution >= 4 is 0 Å². The van der Waals surface area contributed by atoms with E-state index in [9.17, 15) is 0 Å². The summed E-state index contributed by atoms with van der Waals surface area (Å²) in [6.45, 7) is 17.1. The normalized spacial score (nSPS) is 26.2. The summed E-state index contributed by atoms with van der Waals surface area (Å²) in [4.78, 5) is 7.85. The molecule has 0 saturated carbocycles. The van der Waals surface area contributed by atoms with Crippen LogP contribution < -0.4 is 0 Å². The predicted octanol–water partition coefficient (Wildman–Crippen LogP) is 0.964. The standard InChI is InChI=1S/C13H27N3/c1-4-14-5-7-16(8-6-14)13-10-15(11-13)9-12(2)3/h12-13H,4-11H2,1-3H3.